The molecule has 0 bridgehead atoms. The zero-order valence-corrected chi connectivity index (χ0v) is 16.9. The first-order chi connectivity index (χ1) is 14.1. The van der Waals surface area contributed by atoms with Crippen LogP contribution in [0, 0.1) is 16.0 Å². The molecule has 3 heterocycles. The van der Waals surface area contributed by atoms with Crippen molar-refractivity contribution >= 4 is 10.9 Å². The van der Waals surface area contributed by atoms with Crippen molar-refractivity contribution in [1.29, 1.82) is 0 Å². The molecule has 1 N–H and O–H groups in total. The van der Waals surface area contributed by atoms with Gasteiger partial charge in [0.2, 0.25) is 6.04 Å². The Labute approximate surface area is 170 Å². The zero-order chi connectivity index (χ0) is 20.1. The Bertz CT molecular complexity index is 1040. The van der Waals surface area contributed by atoms with E-state index in [9.17, 15) is 10.1 Å². The van der Waals surface area contributed by atoms with Gasteiger partial charge in [-0.15, -0.1) is 0 Å². The van der Waals surface area contributed by atoms with E-state index in [0.29, 0.717) is 0 Å². The van der Waals surface area contributed by atoms with E-state index < -0.39 is 6.04 Å². The summed E-state index contributed by atoms with van der Waals surface area (Å²) in [5.41, 5.74) is 4.93. The molecule has 0 unspecified atom stereocenters. The van der Waals surface area contributed by atoms with Crippen LogP contribution in [0.15, 0.2) is 54.6 Å². The molecule has 2 aromatic carbocycles. The fourth-order valence-corrected chi connectivity index (χ4v) is 6.09. The Hall–Kier alpha value is -2.66. The van der Waals surface area contributed by atoms with Crippen molar-refractivity contribution in [3.8, 4) is 0 Å². The van der Waals surface area contributed by atoms with Crippen LogP contribution in [0.1, 0.15) is 49.0 Å². The lowest BCUT2D eigenvalue weighted by Gasteiger charge is -2.51. The Kier molecular flexibility index (Phi) is 4.43. The Balaban J connectivity index is 1.68. The van der Waals surface area contributed by atoms with Crippen LogP contribution in [0.5, 0.6) is 0 Å². The normalized spacial score (nSPS) is 29.4. The van der Waals surface area contributed by atoms with E-state index in [1.807, 2.05) is 18.2 Å². The molecule has 0 aliphatic carbocycles. The fourth-order valence-electron chi connectivity index (χ4n) is 6.09. The predicted molar refractivity (Wildman–Crippen MR) is 115 cm³/mol. The van der Waals surface area contributed by atoms with E-state index in [4.69, 9.17) is 0 Å². The third-order valence-electron chi connectivity index (χ3n) is 7.22. The van der Waals surface area contributed by atoms with E-state index in [1.54, 1.807) is 0 Å². The van der Waals surface area contributed by atoms with Crippen LogP contribution < -0.4 is 0 Å². The van der Waals surface area contributed by atoms with Gasteiger partial charge in [-0.1, -0.05) is 62.4 Å². The standard InChI is InChI=1S/C24H27N3O2/c1-3-20-24(27(28)29)21(16-9-5-4-6-10-16)15(2)23-22-18(13-14-26(20)23)17-11-7-8-12-19(17)25-22/h4-12,15,20-21,23-25H,3,13-14H2,1-2H3/t15-,20+,21+,23-,24-/m1/s1. The number of nitrogens with one attached hydrogen (secondary N) is 1. The molecule has 150 valence electrons. The van der Waals surface area contributed by atoms with E-state index in [-0.39, 0.29) is 28.8 Å². The smallest absolute Gasteiger partial charge is 0.235 e. The lowest BCUT2D eigenvalue weighted by atomic mass is 9.68. The molecule has 0 spiro atoms. The molecule has 5 nitrogen and oxygen atoms in total. The molecule has 5 rings (SSSR count). The van der Waals surface area contributed by atoms with Gasteiger partial charge < -0.3 is 4.98 Å². The minimum Gasteiger partial charge on any atom is -0.357 e. The minimum atomic E-state index is -0.584. The molecule has 1 aromatic heterocycles. The molecule has 29 heavy (non-hydrogen) atoms. The lowest BCUT2D eigenvalue weighted by Crippen LogP contribution is -2.60. The van der Waals surface area contributed by atoms with Gasteiger partial charge in [0.05, 0.1) is 18.0 Å². The molecule has 5 heteroatoms. The number of rotatable bonds is 3. The quantitative estimate of drug-likeness (QED) is 0.511. The summed E-state index contributed by atoms with van der Waals surface area (Å²) in [7, 11) is 0. The number of piperidine rings is 1. The number of aromatic nitrogens is 1. The van der Waals surface area contributed by atoms with Crippen LogP contribution in [0.2, 0.25) is 0 Å². The number of nitrogens with zero attached hydrogens (tertiary/aromatic N) is 2. The second kappa shape index (κ2) is 6.99. The predicted octanol–water partition coefficient (Wildman–Crippen LogP) is 4.92. The largest absolute Gasteiger partial charge is 0.357 e. The summed E-state index contributed by atoms with van der Waals surface area (Å²) in [5, 5.41) is 13.6. The number of fused-ring (bicyclic) bond motifs is 5. The molecule has 2 aliphatic rings. The van der Waals surface area contributed by atoms with Crippen molar-refractivity contribution in [2.75, 3.05) is 6.54 Å². The number of aromatic amines is 1. The number of hydrogen-bond donors (Lipinski definition) is 1. The Morgan fingerprint density at radius 2 is 1.86 bits per heavy atom. The maximum absolute atomic E-state index is 12.3. The summed E-state index contributed by atoms with van der Waals surface area (Å²) < 4.78 is 0. The molecule has 0 saturated carbocycles. The first-order valence-electron chi connectivity index (χ1n) is 10.7. The number of para-hydroxylation sites is 1. The first kappa shape index (κ1) is 18.4. The van der Waals surface area contributed by atoms with Gasteiger partial charge in [0.1, 0.15) is 0 Å². The summed E-state index contributed by atoms with van der Waals surface area (Å²) in [6.45, 7) is 5.18. The molecular weight excluding hydrogens is 362 g/mol. The van der Waals surface area contributed by atoms with Crippen LogP contribution in [-0.2, 0) is 6.42 Å². The van der Waals surface area contributed by atoms with Gasteiger partial charge in [0, 0.05) is 28.1 Å². The molecule has 2 aliphatic heterocycles. The number of H-pyrrole nitrogens is 1. The zero-order valence-electron chi connectivity index (χ0n) is 16.9. The topological polar surface area (TPSA) is 62.2 Å². The SMILES string of the molecule is CC[C@H]1[C@@H]([N+](=O)[O-])[C@H](c2ccccc2)[C@@H](C)[C@@H]2c3[nH]c4ccccc4c3CCN12. The number of nitro groups is 1. The highest BCUT2D eigenvalue weighted by atomic mass is 16.6. The van der Waals surface area contributed by atoms with Crippen LogP contribution >= 0.6 is 0 Å². The van der Waals surface area contributed by atoms with Gasteiger partial charge in [0.25, 0.3) is 0 Å². The van der Waals surface area contributed by atoms with Gasteiger partial charge >= 0.3 is 0 Å². The molecule has 0 radical (unpaired) electrons. The second-order valence-corrected chi connectivity index (χ2v) is 8.54. The van der Waals surface area contributed by atoms with Crippen molar-refractivity contribution < 1.29 is 4.92 Å². The van der Waals surface area contributed by atoms with Crippen LogP contribution in [-0.4, -0.2) is 33.4 Å². The van der Waals surface area contributed by atoms with Crippen molar-refractivity contribution in [2.45, 2.75) is 50.7 Å². The fraction of sp³-hybridized carbons (Fsp3) is 0.417. The van der Waals surface area contributed by atoms with E-state index >= 15 is 0 Å². The van der Waals surface area contributed by atoms with Gasteiger partial charge in [-0.2, -0.15) is 0 Å². The maximum atomic E-state index is 12.3. The summed E-state index contributed by atoms with van der Waals surface area (Å²) >= 11 is 0. The van der Waals surface area contributed by atoms with Gasteiger partial charge in [-0.05, 0) is 36.0 Å². The second-order valence-electron chi connectivity index (χ2n) is 8.54. The molecule has 3 aromatic rings. The summed E-state index contributed by atoms with van der Waals surface area (Å²) in [6.07, 6.45) is 1.73. The Morgan fingerprint density at radius 3 is 2.59 bits per heavy atom. The lowest BCUT2D eigenvalue weighted by molar-refractivity contribution is -0.542. The van der Waals surface area contributed by atoms with Crippen molar-refractivity contribution in [1.82, 2.24) is 9.88 Å². The molecule has 5 atom stereocenters. The average molecular weight is 389 g/mol. The monoisotopic (exact) mass is 389 g/mol. The highest BCUT2D eigenvalue weighted by molar-refractivity contribution is 5.85. The highest BCUT2D eigenvalue weighted by Gasteiger charge is 2.55. The van der Waals surface area contributed by atoms with E-state index in [0.717, 1.165) is 24.9 Å². The third kappa shape index (κ3) is 2.71. The van der Waals surface area contributed by atoms with E-state index in [1.165, 1.54) is 22.2 Å². The third-order valence-corrected chi connectivity index (χ3v) is 7.22. The van der Waals surface area contributed by atoms with Crippen LogP contribution in [0.25, 0.3) is 10.9 Å². The first-order valence-corrected chi connectivity index (χ1v) is 10.7. The van der Waals surface area contributed by atoms with Crippen molar-refractivity contribution in [3.05, 3.63) is 81.5 Å². The van der Waals surface area contributed by atoms with Crippen molar-refractivity contribution in [2.24, 2.45) is 5.92 Å². The van der Waals surface area contributed by atoms with Crippen molar-refractivity contribution in [3.63, 3.8) is 0 Å². The summed E-state index contributed by atoms with van der Waals surface area (Å²) in [6, 6.07) is 18.1. The maximum Gasteiger partial charge on any atom is 0.235 e. The molecular formula is C24H27N3O2. The molecule has 0 amide bonds. The molecule has 1 fully saturated rings. The number of benzene rings is 2. The Morgan fingerprint density at radius 1 is 1.14 bits per heavy atom. The highest BCUT2D eigenvalue weighted by Crippen LogP contribution is 2.51. The van der Waals surface area contributed by atoms with Gasteiger partial charge in [-0.3, -0.25) is 15.0 Å². The van der Waals surface area contributed by atoms with Gasteiger partial charge in [-0.25, -0.2) is 0 Å². The van der Waals surface area contributed by atoms with Gasteiger partial charge in [0.15, 0.2) is 0 Å². The average Bonchev–Trinajstić information content (AvgIpc) is 3.12. The van der Waals surface area contributed by atoms with Crippen LogP contribution in [0.3, 0.4) is 0 Å². The molecule has 1 saturated heterocycles. The summed E-state index contributed by atoms with van der Waals surface area (Å²) in [5.74, 6) is 0.0393. The summed E-state index contributed by atoms with van der Waals surface area (Å²) in [4.78, 5) is 18.4. The van der Waals surface area contributed by atoms with Crippen LogP contribution in [0.4, 0.5) is 0 Å². The van der Waals surface area contributed by atoms with E-state index in [2.05, 4.69) is 60.1 Å². The number of hydrogen-bond acceptors (Lipinski definition) is 3. The minimum absolute atomic E-state index is 0.0146.